The van der Waals surface area contributed by atoms with E-state index >= 15 is 0 Å². The van der Waals surface area contributed by atoms with E-state index in [2.05, 4.69) is 27.2 Å². The van der Waals surface area contributed by atoms with Crippen LogP contribution in [0.15, 0.2) is 0 Å². The van der Waals surface area contributed by atoms with Gasteiger partial charge in [0.1, 0.15) is 0 Å². The Labute approximate surface area is 66.0 Å². The summed E-state index contributed by atoms with van der Waals surface area (Å²) in [4.78, 5) is 0. The topological polar surface area (TPSA) is 0 Å². The van der Waals surface area contributed by atoms with Crippen molar-refractivity contribution in [2.75, 3.05) is 0 Å². The molecule has 60 valence electrons. The molecule has 0 rings (SSSR count). The van der Waals surface area contributed by atoms with Gasteiger partial charge in [-0.1, -0.05) is 46.5 Å². The summed E-state index contributed by atoms with van der Waals surface area (Å²) in [5.41, 5.74) is 0. The largest absolute Gasteiger partial charge is 0.0625 e. The van der Waals surface area contributed by atoms with Gasteiger partial charge in [-0.25, -0.2) is 0 Å². The van der Waals surface area contributed by atoms with Crippen LogP contribution in [0, 0.1) is 19.3 Å². The summed E-state index contributed by atoms with van der Waals surface area (Å²) in [5.74, 6) is 0.886. The summed E-state index contributed by atoms with van der Waals surface area (Å²) >= 11 is 0. The molecule has 0 bridgehead atoms. The molecule has 0 heteroatoms. The van der Waals surface area contributed by atoms with Crippen molar-refractivity contribution in [3.05, 3.63) is 13.3 Å². The van der Waals surface area contributed by atoms with Gasteiger partial charge in [-0.05, 0) is 18.8 Å². The van der Waals surface area contributed by atoms with Crippen molar-refractivity contribution in [3.8, 4) is 0 Å². The Morgan fingerprint density at radius 2 is 2.10 bits per heavy atom. The lowest BCUT2D eigenvalue weighted by atomic mass is 9.99. The number of unbranched alkanes of at least 4 members (excludes halogenated alkanes) is 2. The predicted molar refractivity (Wildman–Crippen MR) is 47.6 cm³/mol. The molecule has 0 aliphatic carbocycles. The smallest absolute Gasteiger partial charge is 0.0414 e. The zero-order valence-corrected chi connectivity index (χ0v) is 7.40. The van der Waals surface area contributed by atoms with E-state index in [4.69, 9.17) is 0 Å². The lowest BCUT2D eigenvalue weighted by Gasteiger charge is -2.07. The van der Waals surface area contributed by atoms with Gasteiger partial charge in [-0.3, -0.25) is 0 Å². The van der Waals surface area contributed by atoms with Crippen LogP contribution in [-0.2, 0) is 0 Å². The number of hydrogen-bond donors (Lipinski definition) is 0. The van der Waals surface area contributed by atoms with E-state index in [1.54, 1.807) is 0 Å². The van der Waals surface area contributed by atoms with Crippen molar-refractivity contribution in [1.29, 1.82) is 0 Å². The van der Waals surface area contributed by atoms with E-state index in [-0.39, 0.29) is 0 Å². The fraction of sp³-hybridized carbons (Fsp3) is 0.800. The van der Waals surface area contributed by atoms with Gasteiger partial charge in [-0.15, -0.1) is 0 Å². The first kappa shape index (κ1) is 10.0. The van der Waals surface area contributed by atoms with Crippen LogP contribution in [-0.4, -0.2) is 0 Å². The van der Waals surface area contributed by atoms with Crippen LogP contribution < -0.4 is 0 Å². The minimum atomic E-state index is 0.886. The Kier molecular flexibility index (Phi) is 7.11. The molecule has 0 N–H and O–H groups in total. The third-order valence-electron chi connectivity index (χ3n) is 1.83. The summed E-state index contributed by atoms with van der Waals surface area (Å²) in [5, 5.41) is 0. The van der Waals surface area contributed by atoms with Crippen molar-refractivity contribution in [2.24, 2.45) is 5.92 Å². The van der Waals surface area contributed by atoms with Crippen molar-refractivity contribution in [2.45, 2.75) is 46.0 Å². The van der Waals surface area contributed by atoms with Gasteiger partial charge >= 0.3 is 0 Å². The van der Waals surface area contributed by atoms with Crippen molar-refractivity contribution < 1.29 is 0 Å². The molecule has 0 aliphatic heterocycles. The molecule has 0 aromatic heterocycles. The highest BCUT2D eigenvalue weighted by Gasteiger charge is 1.98. The van der Waals surface area contributed by atoms with Gasteiger partial charge in [0.25, 0.3) is 0 Å². The molecule has 0 fully saturated rings. The Hall–Kier alpha value is 0. The SMILES string of the molecule is [CH2]CCCCC(C)C[CH]C. The zero-order chi connectivity index (χ0) is 7.82. The van der Waals surface area contributed by atoms with Crippen molar-refractivity contribution in [1.82, 2.24) is 0 Å². The molecule has 0 spiro atoms. The standard InChI is InChI=1S/C10H20/c1-4-6-7-9-10(3)8-5-2/h5,10H,1,4,6-9H2,2-3H3. The fourth-order valence-corrected chi connectivity index (χ4v) is 1.19. The number of rotatable bonds is 6. The van der Waals surface area contributed by atoms with Crippen molar-refractivity contribution in [3.63, 3.8) is 0 Å². The van der Waals surface area contributed by atoms with Gasteiger partial charge in [-0.2, -0.15) is 0 Å². The monoisotopic (exact) mass is 140 g/mol. The summed E-state index contributed by atoms with van der Waals surface area (Å²) in [6.07, 6.45) is 8.67. The maximum Gasteiger partial charge on any atom is -0.0414 e. The lowest BCUT2D eigenvalue weighted by molar-refractivity contribution is 0.493. The second kappa shape index (κ2) is 7.11. The molecule has 0 amide bonds. The molecule has 1 unspecified atom stereocenters. The Balaban J connectivity index is 2.97. The van der Waals surface area contributed by atoms with Crippen LogP contribution in [0.3, 0.4) is 0 Å². The minimum Gasteiger partial charge on any atom is -0.0625 e. The summed E-state index contributed by atoms with van der Waals surface area (Å²) in [6, 6.07) is 0. The average molecular weight is 140 g/mol. The Bertz CT molecular complexity index is 57.1. The Morgan fingerprint density at radius 3 is 2.60 bits per heavy atom. The van der Waals surface area contributed by atoms with Crippen molar-refractivity contribution >= 4 is 0 Å². The normalized spacial score (nSPS) is 13.5. The molecular weight excluding hydrogens is 120 g/mol. The molecule has 0 aliphatic rings. The molecule has 0 aromatic carbocycles. The maximum atomic E-state index is 3.82. The highest BCUT2D eigenvalue weighted by Crippen LogP contribution is 2.13. The van der Waals surface area contributed by atoms with Gasteiger partial charge < -0.3 is 0 Å². The van der Waals surface area contributed by atoms with E-state index in [1.807, 2.05) is 0 Å². The van der Waals surface area contributed by atoms with Crippen LogP contribution in [0.25, 0.3) is 0 Å². The summed E-state index contributed by atoms with van der Waals surface area (Å²) in [7, 11) is 0. The second-order valence-electron chi connectivity index (χ2n) is 3.10. The average Bonchev–Trinajstić information content (AvgIpc) is 1.89. The van der Waals surface area contributed by atoms with Gasteiger partial charge in [0, 0.05) is 0 Å². The predicted octanol–water partition coefficient (Wildman–Crippen LogP) is 3.63. The van der Waals surface area contributed by atoms with Gasteiger partial charge in [0.15, 0.2) is 0 Å². The highest BCUT2D eigenvalue weighted by atomic mass is 14.0. The molecule has 2 radical (unpaired) electrons. The van der Waals surface area contributed by atoms with Crippen LogP contribution in [0.5, 0.6) is 0 Å². The summed E-state index contributed by atoms with van der Waals surface area (Å²) in [6.45, 7) is 8.28. The molecule has 0 heterocycles. The molecule has 0 saturated carbocycles. The quantitative estimate of drug-likeness (QED) is 0.494. The second-order valence-corrected chi connectivity index (χ2v) is 3.10. The third kappa shape index (κ3) is 6.12. The first-order valence-corrected chi connectivity index (χ1v) is 4.38. The van der Waals surface area contributed by atoms with E-state index < -0.39 is 0 Å². The van der Waals surface area contributed by atoms with Crippen LogP contribution >= 0.6 is 0 Å². The van der Waals surface area contributed by atoms with Crippen LogP contribution in [0.1, 0.15) is 46.0 Å². The van der Waals surface area contributed by atoms with Gasteiger partial charge in [0.2, 0.25) is 0 Å². The zero-order valence-electron chi connectivity index (χ0n) is 7.40. The molecule has 1 atom stereocenters. The van der Waals surface area contributed by atoms with Crippen LogP contribution in [0.4, 0.5) is 0 Å². The molecule has 0 nitrogen and oxygen atoms in total. The van der Waals surface area contributed by atoms with E-state index in [0.29, 0.717) is 0 Å². The molecule has 0 saturated heterocycles. The van der Waals surface area contributed by atoms with Gasteiger partial charge in [0.05, 0.1) is 0 Å². The molecule has 0 aromatic rings. The lowest BCUT2D eigenvalue weighted by Crippen LogP contribution is -1.93. The fourth-order valence-electron chi connectivity index (χ4n) is 1.19. The molecular formula is C10H20. The van der Waals surface area contributed by atoms with E-state index in [1.165, 1.54) is 25.7 Å². The number of hydrogen-bond acceptors (Lipinski definition) is 0. The Morgan fingerprint density at radius 1 is 1.40 bits per heavy atom. The first-order valence-electron chi connectivity index (χ1n) is 4.38. The van der Waals surface area contributed by atoms with E-state index in [9.17, 15) is 0 Å². The van der Waals surface area contributed by atoms with E-state index in [0.717, 1.165) is 12.3 Å². The highest BCUT2D eigenvalue weighted by molar-refractivity contribution is 4.62. The minimum absolute atomic E-state index is 0.886. The summed E-state index contributed by atoms with van der Waals surface area (Å²) < 4.78 is 0. The maximum absolute atomic E-state index is 3.82. The van der Waals surface area contributed by atoms with Crippen LogP contribution in [0.2, 0.25) is 0 Å². The third-order valence-corrected chi connectivity index (χ3v) is 1.83. The molecule has 10 heavy (non-hydrogen) atoms. The first-order chi connectivity index (χ1) is 4.81.